The Kier molecular flexibility index (Phi) is 11.0. The first-order valence-electron chi connectivity index (χ1n) is 12.2. The number of benzene rings is 2. The summed E-state index contributed by atoms with van der Waals surface area (Å²) < 4.78 is 27.3. The van der Waals surface area contributed by atoms with E-state index in [0.29, 0.717) is 12.1 Å². The number of nitrogens with zero attached hydrogens (tertiary/aromatic N) is 2. The molecular formula is C27H38BrN3O4S. The van der Waals surface area contributed by atoms with E-state index < -0.39 is 16.1 Å². The van der Waals surface area contributed by atoms with Crippen LogP contribution < -0.4 is 9.62 Å². The van der Waals surface area contributed by atoms with Gasteiger partial charge in [0.25, 0.3) is 0 Å². The molecule has 0 saturated heterocycles. The van der Waals surface area contributed by atoms with Crippen LogP contribution in [0.2, 0.25) is 0 Å². The fourth-order valence-electron chi connectivity index (χ4n) is 3.98. The number of aryl methyl sites for hydroxylation is 2. The van der Waals surface area contributed by atoms with Gasteiger partial charge < -0.3 is 10.2 Å². The predicted octanol–water partition coefficient (Wildman–Crippen LogP) is 4.94. The summed E-state index contributed by atoms with van der Waals surface area (Å²) in [5.41, 5.74) is 3.43. The number of nitrogens with one attached hydrogen (secondary N) is 1. The number of halogens is 1. The lowest BCUT2D eigenvalue weighted by Crippen LogP contribution is -2.49. The van der Waals surface area contributed by atoms with Crippen LogP contribution in [-0.2, 0) is 26.2 Å². The van der Waals surface area contributed by atoms with Gasteiger partial charge in [-0.3, -0.25) is 13.9 Å². The summed E-state index contributed by atoms with van der Waals surface area (Å²) in [6.45, 7) is 9.94. The van der Waals surface area contributed by atoms with Crippen molar-refractivity contribution in [3.8, 4) is 0 Å². The van der Waals surface area contributed by atoms with E-state index in [1.807, 2.05) is 70.2 Å². The van der Waals surface area contributed by atoms with Gasteiger partial charge in [-0.2, -0.15) is 0 Å². The van der Waals surface area contributed by atoms with E-state index in [1.165, 1.54) is 10.6 Å². The summed E-state index contributed by atoms with van der Waals surface area (Å²) >= 11 is 3.46. The second-order valence-corrected chi connectivity index (χ2v) is 12.3. The van der Waals surface area contributed by atoms with Crippen molar-refractivity contribution in [3.63, 3.8) is 0 Å². The van der Waals surface area contributed by atoms with Crippen LogP contribution in [0.5, 0.6) is 0 Å². The molecule has 2 amide bonds. The summed E-state index contributed by atoms with van der Waals surface area (Å²) in [4.78, 5) is 27.8. The molecular weight excluding hydrogens is 542 g/mol. The molecule has 2 rings (SSSR count). The quantitative estimate of drug-likeness (QED) is 0.385. The second-order valence-electron chi connectivity index (χ2n) is 9.43. The van der Waals surface area contributed by atoms with E-state index >= 15 is 0 Å². The molecule has 0 bridgehead atoms. The average molecular weight is 581 g/mol. The lowest BCUT2D eigenvalue weighted by Gasteiger charge is -2.30. The number of hydrogen-bond donors (Lipinski definition) is 1. The van der Waals surface area contributed by atoms with Crippen molar-refractivity contribution >= 4 is 43.5 Å². The Morgan fingerprint density at radius 2 is 1.69 bits per heavy atom. The van der Waals surface area contributed by atoms with Gasteiger partial charge in [-0.1, -0.05) is 41.1 Å². The first kappa shape index (κ1) is 29.8. The predicted molar refractivity (Wildman–Crippen MR) is 149 cm³/mol. The molecule has 9 heteroatoms. The zero-order valence-corrected chi connectivity index (χ0v) is 24.4. The third-order valence-electron chi connectivity index (χ3n) is 6.06. The zero-order chi connectivity index (χ0) is 27.0. The van der Waals surface area contributed by atoms with Gasteiger partial charge in [-0.25, -0.2) is 8.42 Å². The fourth-order valence-corrected chi connectivity index (χ4v) is 5.37. The van der Waals surface area contributed by atoms with Gasteiger partial charge in [0, 0.05) is 30.0 Å². The fraction of sp³-hybridized carbons (Fsp3) is 0.481. The molecule has 0 aliphatic rings. The van der Waals surface area contributed by atoms with Crippen molar-refractivity contribution in [2.75, 3.05) is 17.1 Å². The molecule has 0 saturated carbocycles. The Morgan fingerprint density at radius 3 is 2.25 bits per heavy atom. The minimum Gasteiger partial charge on any atom is -0.352 e. The standard InChI is InChI=1S/C27H38BrN3O4S/c1-7-21(4)29-27(33)22(5)30(18-23-10-8-11-24(28)17-23)26(32)12-9-13-31(36(6,34)35)25-15-19(2)14-20(3)16-25/h8,10-11,14-17,21-22H,7,9,12-13,18H2,1-6H3,(H,29,33)/t21-,22-/m1/s1. The summed E-state index contributed by atoms with van der Waals surface area (Å²) in [6.07, 6.45) is 2.41. The molecule has 0 aromatic heterocycles. The van der Waals surface area contributed by atoms with E-state index in [9.17, 15) is 18.0 Å². The van der Waals surface area contributed by atoms with Crippen molar-refractivity contribution in [2.24, 2.45) is 0 Å². The number of sulfonamides is 1. The van der Waals surface area contributed by atoms with Gasteiger partial charge >= 0.3 is 0 Å². The molecule has 0 spiro atoms. The topological polar surface area (TPSA) is 86.8 Å². The lowest BCUT2D eigenvalue weighted by molar-refractivity contribution is -0.140. The Bertz CT molecular complexity index is 1150. The van der Waals surface area contributed by atoms with E-state index in [2.05, 4.69) is 21.2 Å². The molecule has 2 aromatic rings. The van der Waals surface area contributed by atoms with Crippen LogP contribution in [0.4, 0.5) is 5.69 Å². The van der Waals surface area contributed by atoms with Crippen LogP contribution in [0.3, 0.4) is 0 Å². The highest BCUT2D eigenvalue weighted by molar-refractivity contribution is 9.10. The highest BCUT2D eigenvalue weighted by Crippen LogP contribution is 2.22. The molecule has 0 heterocycles. The Morgan fingerprint density at radius 1 is 1.06 bits per heavy atom. The summed E-state index contributed by atoms with van der Waals surface area (Å²) in [5.74, 6) is -0.406. The van der Waals surface area contributed by atoms with E-state index in [1.54, 1.807) is 11.8 Å². The Hall–Kier alpha value is -2.39. The van der Waals surface area contributed by atoms with Crippen molar-refractivity contribution < 1.29 is 18.0 Å². The van der Waals surface area contributed by atoms with Crippen LogP contribution in [0.25, 0.3) is 0 Å². The SMILES string of the molecule is CC[C@@H](C)NC(=O)[C@@H](C)N(Cc1cccc(Br)c1)C(=O)CCCN(c1cc(C)cc(C)c1)S(C)(=O)=O. The average Bonchev–Trinajstić information content (AvgIpc) is 2.78. The number of carbonyl (C=O) groups is 2. The molecule has 198 valence electrons. The molecule has 2 atom stereocenters. The molecule has 2 aromatic carbocycles. The normalized spacial score (nSPS) is 13.1. The molecule has 1 N–H and O–H groups in total. The van der Waals surface area contributed by atoms with E-state index in [-0.39, 0.29) is 37.4 Å². The number of amides is 2. The van der Waals surface area contributed by atoms with Gasteiger partial charge in [-0.15, -0.1) is 0 Å². The molecule has 0 aliphatic carbocycles. The van der Waals surface area contributed by atoms with E-state index in [4.69, 9.17) is 0 Å². The Labute approximate surface area is 224 Å². The number of anilines is 1. The van der Waals surface area contributed by atoms with Gasteiger partial charge in [0.05, 0.1) is 11.9 Å². The number of carbonyl (C=O) groups excluding carboxylic acids is 2. The molecule has 0 fully saturated rings. The maximum Gasteiger partial charge on any atom is 0.242 e. The first-order valence-corrected chi connectivity index (χ1v) is 14.9. The summed E-state index contributed by atoms with van der Waals surface area (Å²) in [7, 11) is -3.53. The summed E-state index contributed by atoms with van der Waals surface area (Å²) in [5, 5.41) is 2.96. The largest absolute Gasteiger partial charge is 0.352 e. The third-order valence-corrected chi connectivity index (χ3v) is 7.74. The van der Waals surface area contributed by atoms with Gasteiger partial charge in [0.1, 0.15) is 6.04 Å². The molecule has 7 nitrogen and oxygen atoms in total. The van der Waals surface area contributed by atoms with Crippen LogP contribution >= 0.6 is 15.9 Å². The second kappa shape index (κ2) is 13.2. The molecule has 0 unspecified atom stereocenters. The highest BCUT2D eigenvalue weighted by atomic mass is 79.9. The third kappa shape index (κ3) is 8.92. The van der Waals surface area contributed by atoms with Gasteiger partial charge in [0.2, 0.25) is 21.8 Å². The van der Waals surface area contributed by atoms with Crippen LogP contribution in [0, 0.1) is 13.8 Å². The first-order chi connectivity index (χ1) is 16.8. The smallest absolute Gasteiger partial charge is 0.242 e. The lowest BCUT2D eigenvalue weighted by atomic mass is 10.1. The maximum atomic E-state index is 13.4. The van der Waals surface area contributed by atoms with Crippen LogP contribution in [0.1, 0.15) is 56.7 Å². The van der Waals surface area contributed by atoms with Crippen LogP contribution in [0.15, 0.2) is 46.9 Å². The molecule has 0 radical (unpaired) electrons. The Balaban J connectivity index is 2.20. The van der Waals surface area contributed by atoms with Crippen molar-refractivity contribution in [2.45, 2.75) is 72.5 Å². The van der Waals surface area contributed by atoms with E-state index in [0.717, 1.165) is 27.6 Å². The minimum absolute atomic E-state index is 0.00359. The van der Waals surface area contributed by atoms with Crippen molar-refractivity contribution in [1.82, 2.24) is 10.2 Å². The zero-order valence-electron chi connectivity index (χ0n) is 22.0. The van der Waals surface area contributed by atoms with Crippen molar-refractivity contribution in [3.05, 3.63) is 63.6 Å². The minimum atomic E-state index is -3.53. The maximum absolute atomic E-state index is 13.4. The summed E-state index contributed by atoms with van der Waals surface area (Å²) in [6, 6.07) is 12.6. The van der Waals surface area contributed by atoms with Crippen molar-refractivity contribution in [1.29, 1.82) is 0 Å². The highest BCUT2D eigenvalue weighted by Gasteiger charge is 2.27. The van der Waals surface area contributed by atoms with Gasteiger partial charge in [0.15, 0.2) is 0 Å². The monoisotopic (exact) mass is 579 g/mol. The number of rotatable bonds is 12. The molecule has 36 heavy (non-hydrogen) atoms. The van der Waals surface area contributed by atoms with Crippen LogP contribution in [-0.4, -0.2) is 50.0 Å². The molecule has 0 aliphatic heterocycles. The number of hydrogen-bond acceptors (Lipinski definition) is 4. The van der Waals surface area contributed by atoms with Gasteiger partial charge in [-0.05, 0) is 81.5 Å².